The number of nitrogens with zero attached hydrogens (tertiary/aromatic N) is 3. The van der Waals surface area contributed by atoms with E-state index in [0.29, 0.717) is 63.0 Å². The lowest BCUT2D eigenvalue weighted by atomic mass is 9.95. The molecule has 0 radical (unpaired) electrons. The van der Waals surface area contributed by atoms with Gasteiger partial charge in [0.25, 0.3) is 11.5 Å². The van der Waals surface area contributed by atoms with Crippen molar-refractivity contribution in [2.75, 3.05) is 44.5 Å². The van der Waals surface area contributed by atoms with Crippen molar-refractivity contribution in [2.24, 2.45) is 0 Å². The summed E-state index contributed by atoms with van der Waals surface area (Å²) in [5, 5.41) is 7.54. The summed E-state index contributed by atoms with van der Waals surface area (Å²) in [5.41, 5.74) is 9.18. The summed E-state index contributed by atoms with van der Waals surface area (Å²) in [6.45, 7) is 11.7. The smallest absolute Gasteiger partial charge is 0.253 e. The Morgan fingerprint density at radius 2 is 1.73 bits per heavy atom. The zero-order chi connectivity index (χ0) is 44.0. The Hall–Kier alpha value is -6.31. The fourth-order valence-corrected chi connectivity index (χ4v) is 9.15. The molecule has 13 nitrogen and oxygen atoms in total. The molecule has 2 fully saturated rings. The Morgan fingerprint density at radius 3 is 2.49 bits per heavy atom. The highest BCUT2D eigenvalue weighted by Gasteiger charge is 2.31. The first-order chi connectivity index (χ1) is 30.6. The number of carbonyl (C=O) groups excluding carboxylic acids is 3. The lowest BCUT2D eigenvalue weighted by Crippen LogP contribution is -2.41. The monoisotopic (exact) mass is 852 g/mol. The summed E-state index contributed by atoms with van der Waals surface area (Å²) >= 11 is 0. The van der Waals surface area contributed by atoms with E-state index in [4.69, 9.17) is 14.2 Å². The number of carbonyl (C=O) groups is 3. The summed E-state index contributed by atoms with van der Waals surface area (Å²) < 4.78 is 19.7. The minimum absolute atomic E-state index is 0.128. The first kappa shape index (κ1) is 43.3. The Balaban J connectivity index is 0.885. The molecule has 8 rings (SSSR count). The van der Waals surface area contributed by atoms with Crippen molar-refractivity contribution in [3.63, 3.8) is 0 Å². The van der Waals surface area contributed by atoms with Crippen LogP contribution >= 0.6 is 0 Å². The van der Waals surface area contributed by atoms with E-state index in [-0.39, 0.29) is 29.8 Å². The van der Waals surface area contributed by atoms with Gasteiger partial charge >= 0.3 is 0 Å². The molecule has 2 aliphatic rings. The average Bonchev–Trinajstić information content (AvgIpc) is 3.60. The molecule has 2 saturated heterocycles. The van der Waals surface area contributed by atoms with Gasteiger partial charge < -0.3 is 34.0 Å². The number of rotatable bonds is 16. The van der Waals surface area contributed by atoms with Crippen LogP contribution in [0.5, 0.6) is 5.75 Å². The Kier molecular flexibility index (Phi) is 13.3. The van der Waals surface area contributed by atoms with E-state index in [1.165, 1.54) is 5.56 Å². The third kappa shape index (κ3) is 9.54. The van der Waals surface area contributed by atoms with E-state index in [0.717, 1.165) is 93.5 Å². The van der Waals surface area contributed by atoms with Gasteiger partial charge in [0.2, 0.25) is 11.8 Å². The first-order valence-corrected chi connectivity index (χ1v) is 22.1. The van der Waals surface area contributed by atoms with Gasteiger partial charge in [-0.15, -0.1) is 0 Å². The Bertz CT molecular complexity index is 2700. The SMILES string of the molecule is CCN(c1cc(-c2ccc(OCCOCCCc3ccc4c(c3)c3cccnc3n4C3CCC(=O)NC3=O)cc2)cc(C(=O)NCc2c(C)cc(C)[nH]c2=O)c1C)C1CCOCC1. The van der Waals surface area contributed by atoms with E-state index in [9.17, 15) is 19.2 Å². The molecule has 63 heavy (non-hydrogen) atoms. The van der Waals surface area contributed by atoms with Crippen LogP contribution < -0.4 is 25.8 Å². The summed E-state index contributed by atoms with van der Waals surface area (Å²) in [4.78, 5) is 61.2. The minimum atomic E-state index is -0.485. The highest BCUT2D eigenvalue weighted by atomic mass is 16.5. The predicted molar refractivity (Wildman–Crippen MR) is 244 cm³/mol. The molecule has 13 heteroatoms. The largest absolute Gasteiger partial charge is 0.491 e. The van der Waals surface area contributed by atoms with E-state index < -0.39 is 6.04 Å². The molecule has 328 valence electrons. The molecule has 3 N–H and O–H groups in total. The molecule has 6 aromatic rings. The number of aromatic nitrogens is 3. The Labute approximate surface area is 367 Å². The normalized spacial score (nSPS) is 15.8. The number of pyridine rings is 2. The van der Waals surface area contributed by atoms with Crippen LogP contribution in [0.1, 0.15) is 83.4 Å². The number of nitrogens with one attached hydrogen (secondary N) is 3. The number of aromatic amines is 1. The number of hydrogen-bond donors (Lipinski definition) is 3. The number of anilines is 1. The van der Waals surface area contributed by atoms with Gasteiger partial charge in [0.15, 0.2) is 0 Å². The maximum absolute atomic E-state index is 13.9. The van der Waals surface area contributed by atoms with E-state index in [2.05, 4.69) is 56.7 Å². The number of benzene rings is 3. The van der Waals surface area contributed by atoms with Gasteiger partial charge in [0, 0.05) is 84.9 Å². The molecule has 3 aromatic carbocycles. The number of hydrogen-bond acceptors (Lipinski definition) is 9. The number of amides is 3. The van der Waals surface area contributed by atoms with Crippen LogP contribution in [0.15, 0.2) is 83.8 Å². The molecule has 3 aromatic heterocycles. The second-order valence-electron chi connectivity index (χ2n) is 16.6. The molecule has 0 bridgehead atoms. The topological polar surface area (TPSA) is 157 Å². The molecule has 1 unspecified atom stereocenters. The fourth-order valence-electron chi connectivity index (χ4n) is 9.15. The highest BCUT2D eigenvalue weighted by molar-refractivity contribution is 6.09. The van der Waals surface area contributed by atoms with Gasteiger partial charge in [-0.3, -0.25) is 24.5 Å². The van der Waals surface area contributed by atoms with E-state index in [1.54, 1.807) is 6.20 Å². The summed E-state index contributed by atoms with van der Waals surface area (Å²) in [6.07, 6.45) is 5.97. The third-order valence-electron chi connectivity index (χ3n) is 12.4. The van der Waals surface area contributed by atoms with Crippen LogP contribution in [0.25, 0.3) is 33.1 Å². The molecule has 3 amide bonds. The molecule has 0 spiro atoms. The molecule has 2 aliphatic heterocycles. The number of fused-ring (bicyclic) bond motifs is 3. The van der Waals surface area contributed by atoms with Crippen LogP contribution in [-0.2, 0) is 32.0 Å². The van der Waals surface area contributed by atoms with Crippen molar-refractivity contribution >= 4 is 45.3 Å². The zero-order valence-electron chi connectivity index (χ0n) is 36.6. The van der Waals surface area contributed by atoms with Gasteiger partial charge in [-0.05, 0) is 142 Å². The van der Waals surface area contributed by atoms with Gasteiger partial charge in [-0.1, -0.05) is 18.2 Å². The zero-order valence-corrected chi connectivity index (χ0v) is 36.6. The fraction of sp³-hybridized carbons (Fsp3) is 0.380. The summed E-state index contributed by atoms with van der Waals surface area (Å²) in [7, 11) is 0. The summed E-state index contributed by atoms with van der Waals surface area (Å²) in [6, 6.07) is 24.0. The molecule has 1 atom stereocenters. The standard InChI is InChI=1S/C50H56N6O7/c1-5-55(37-18-22-62-23-19-37)45-29-36(28-40(33(45)4)48(58)52-30-42-31(2)26-32(3)53-49(42)59)35-11-13-38(14-12-35)63-25-24-61-21-7-8-34-10-15-43-41(27-34)39-9-6-20-51-47(39)56(43)44-16-17-46(57)54-50(44)60/h6,9-15,20,26-29,37,44H,5,7-8,16-19,21-25,30H2,1-4H3,(H,52,58)(H,53,59)(H,54,57,60). The van der Waals surface area contributed by atoms with Gasteiger partial charge in [0.1, 0.15) is 24.0 Å². The quantitative estimate of drug-likeness (QED) is 0.0667. The number of aryl methyl sites for hydroxylation is 3. The van der Waals surface area contributed by atoms with Gasteiger partial charge in [0.05, 0.1) is 12.1 Å². The van der Waals surface area contributed by atoms with E-state index in [1.807, 2.05) is 73.9 Å². The lowest BCUT2D eigenvalue weighted by molar-refractivity contribution is -0.135. The van der Waals surface area contributed by atoms with Crippen molar-refractivity contribution in [2.45, 2.75) is 84.8 Å². The van der Waals surface area contributed by atoms with Crippen LogP contribution in [-0.4, -0.2) is 77.9 Å². The van der Waals surface area contributed by atoms with Crippen LogP contribution in [0.4, 0.5) is 5.69 Å². The minimum Gasteiger partial charge on any atom is -0.491 e. The second kappa shape index (κ2) is 19.4. The van der Waals surface area contributed by atoms with E-state index >= 15 is 0 Å². The second-order valence-corrected chi connectivity index (χ2v) is 16.6. The van der Waals surface area contributed by atoms with Crippen molar-refractivity contribution < 1.29 is 28.6 Å². The first-order valence-electron chi connectivity index (χ1n) is 22.1. The molecular formula is C50H56N6O7. The maximum atomic E-state index is 13.9. The number of H-pyrrole nitrogens is 1. The van der Waals surface area contributed by atoms with Gasteiger partial charge in [-0.2, -0.15) is 0 Å². The lowest BCUT2D eigenvalue weighted by Gasteiger charge is -2.37. The predicted octanol–water partition coefficient (Wildman–Crippen LogP) is 7.41. The maximum Gasteiger partial charge on any atom is 0.253 e. The van der Waals surface area contributed by atoms with Crippen LogP contribution in [0.2, 0.25) is 0 Å². The van der Waals surface area contributed by atoms with Crippen LogP contribution in [0.3, 0.4) is 0 Å². The summed E-state index contributed by atoms with van der Waals surface area (Å²) in [5.74, 6) is -0.0320. The van der Waals surface area contributed by atoms with Crippen LogP contribution in [0, 0.1) is 20.8 Å². The van der Waals surface area contributed by atoms with Crippen molar-refractivity contribution in [1.82, 2.24) is 25.2 Å². The molecule has 5 heterocycles. The van der Waals surface area contributed by atoms with Crippen molar-refractivity contribution in [3.05, 3.63) is 123 Å². The number of piperidine rings is 1. The number of ether oxygens (including phenoxy) is 3. The molecule has 0 saturated carbocycles. The van der Waals surface area contributed by atoms with Crippen molar-refractivity contribution in [3.8, 4) is 16.9 Å². The Morgan fingerprint density at radius 1 is 0.921 bits per heavy atom. The average molecular weight is 853 g/mol. The van der Waals surface area contributed by atoms with Crippen molar-refractivity contribution in [1.29, 1.82) is 0 Å². The highest BCUT2D eigenvalue weighted by Crippen LogP contribution is 2.36. The molecule has 0 aliphatic carbocycles. The molecular weight excluding hydrogens is 797 g/mol. The third-order valence-corrected chi connectivity index (χ3v) is 12.4. The number of imide groups is 1. The van der Waals surface area contributed by atoms with Gasteiger partial charge in [-0.25, -0.2) is 4.98 Å².